The highest BCUT2D eigenvalue weighted by atomic mass is 35.5. The van der Waals surface area contributed by atoms with Crippen LogP contribution in [0.4, 0.5) is 5.69 Å². The van der Waals surface area contributed by atoms with Crippen LogP contribution in [0.15, 0.2) is 48.5 Å². The molecule has 0 spiro atoms. The number of halogens is 2. The molecule has 1 N–H and O–H groups in total. The number of amides is 2. The Morgan fingerprint density at radius 1 is 0.966 bits per heavy atom. The molecular formula is C22H23Cl2N3O2. The summed E-state index contributed by atoms with van der Waals surface area (Å²) in [5, 5.41) is 4.31. The molecule has 2 saturated heterocycles. The number of benzene rings is 2. The highest BCUT2D eigenvalue weighted by molar-refractivity contribution is 6.35. The lowest BCUT2D eigenvalue weighted by Gasteiger charge is -2.28. The van der Waals surface area contributed by atoms with E-state index in [9.17, 15) is 9.59 Å². The summed E-state index contributed by atoms with van der Waals surface area (Å²) in [6.07, 6.45) is 2.40. The number of hydrogen-bond donors (Lipinski definition) is 1. The molecule has 29 heavy (non-hydrogen) atoms. The van der Waals surface area contributed by atoms with E-state index in [4.69, 9.17) is 23.2 Å². The van der Waals surface area contributed by atoms with Crippen molar-refractivity contribution < 1.29 is 9.59 Å². The van der Waals surface area contributed by atoms with Crippen LogP contribution in [0.1, 0.15) is 29.6 Å². The van der Waals surface area contributed by atoms with Crippen LogP contribution >= 0.6 is 23.2 Å². The van der Waals surface area contributed by atoms with E-state index in [0.717, 1.165) is 18.5 Å². The van der Waals surface area contributed by atoms with Crippen molar-refractivity contribution in [2.24, 2.45) is 0 Å². The Morgan fingerprint density at radius 2 is 1.69 bits per heavy atom. The number of para-hydroxylation sites is 1. The zero-order valence-electron chi connectivity index (χ0n) is 16.0. The zero-order valence-corrected chi connectivity index (χ0v) is 17.5. The average Bonchev–Trinajstić information content (AvgIpc) is 3.36. The summed E-state index contributed by atoms with van der Waals surface area (Å²) in [7, 11) is 0. The zero-order chi connectivity index (χ0) is 20.4. The Morgan fingerprint density at radius 3 is 2.41 bits per heavy atom. The molecule has 4 rings (SSSR count). The Labute approximate surface area is 180 Å². The summed E-state index contributed by atoms with van der Waals surface area (Å²) in [4.78, 5) is 29.7. The van der Waals surface area contributed by atoms with Crippen molar-refractivity contribution in [1.82, 2.24) is 9.80 Å². The molecule has 2 aliphatic rings. The molecule has 0 saturated carbocycles. The monoisotopic (exact) mass is 431 g/mol. The molecule has 2 amide bonds. The smallest absolute Gasteiger partial charge is 0.254 e. The van der Waals surface area contributed by atoms with Crippen LogP contribution in [0.2, 0.25) is 10.0 Å². The van der Waals surface area contributed by atoms with Gasteiger partial charge in [-0.3, -0.25) is 9.59 Å². The lowest BCUT2D eigenvalue weighted by atomic mass is 10.1. The van der Waals surface area contributed by atoms with Crippen LogP contribution in [-0.2, 0) is 4.79 Å². The van der Waals surface area contributed by atoms with Gasteiger partial charge in [-0.15, -0.1) is 0 Å². The second kappa shape index (κ2) is 8.64. The van der Waals surface area contributed by atoms with E-state index < -0.39 is 6.04 Å². The third-order valence-electron chi connectivity index (χ3n) is 5.55. The summed E-state index contributed by atoms with van der Waals surface area (Å²) in [6.45, 7) is 1.92. The van der Waals surface area contributed by atoms with Crippen LogP contribution in [0.5, 0.6) is 0 Å². The van der Waals surface area contributed by atoms with E-state index >= 15 is 0 Å². The van der Waals surface area contributed by atoms with E-state index in [2.05, 4.69) is 5.32 Å². The summed E-state index contributed by atoms with van der Waals surface area (Å²) in [5.41, 5.74) is 1.48. The Hall–Kier alpha value is -2.24. The minimum atomic E-state index is -0.421. The normalized spacial score (nSPS) is 21.4. The first-order valence-corrected chi connectivity index (χ1v) is 10.6. The van der Waals surface area contributed by atoms with Crippen molar-refractivity contribution in [3.63, 3.8) is 0 Å². The van der Waals surface area contributed by atoms with E-state index in [0.29, 0.717) is 41.7 Å². The Bertz CT molecular complexity index is 886. The van der Waals surface area contributed by atoms with Crippen molar-refractivity contribution in [3.8, 4) is 0 Å². The first-order valence-electron chi connectivity index (χ1n) is 9.89. The number of nitrogens with zero attached hydrogens (tertiary/aromatic N) is 2. The van der Waals surface area contributed by atoms with Gasteiger partial charge in [-0.05, 0) is 49.6 Å². The average molecular weight is 432 g/mol. The summed E-state index contributed by atoms with van der Waals surface area (Å²) in [6, 6.07) is 14.6. The molecule has 0 radical (unpaired) electrons. The lowest BCUT2D eigenvalue weighted by Crippen LogP contribution is -2.47. The molecule has 0 aliphatic carbocycles. The van der Waals surface area contributed by atoms with Gasteiger partial charge in [0.15, 0.2) is 0 Å². The predicted molar refractivity (Wildman–Crippen MR) is 116 cm³/mol. The molecule has 152 valence electrons. The van der Waals surface area contributed by atoms with E-state index in [1.807, 2.05) is 35.2 Å². The molecule has 5 nitrogen and oxygen atoms in total. The molecule has 0 aromatic heterocycles. The number of rotatable bonds is 4. The highest BCUT2D eigenvalue weighted by Gasteiger charge is 2.39. The van der Waals surface area contributed by atoms with Gasteiger partial charge in [-0.2, -0.15) is 0 Å². The summed E-state index contributed by atoms with van der Waals surface area (Å²) < 4.78 is 0. The van der Waals surface area contributed by atoms with Crippen LogP contribution in [0, 0.1) is 0 Å². The number of likely N-dealkylation sites (tertiary alicyclic amines) is 2. The second-order valence-electron chi connectivity index (χ2n) is 7.59. The van der Waals surface area contributed by atoms with Crippen LogP contribution < -0.4 is 5.32 Å². The van der Waals surface area contributed by atoms with Crippen molar-refractivity contribution in [2.45, 2.75) is 31.3 Å². The van der Waals surface area contributed by atoms with E-state index in [-0.39, 0.29) is 17.9 Å². The maximum Gasteiger partial charge on any atom is 0.254 e. The van der Waals surface area contributed by atoms with Gasteiger partial charge >= 0.3 is 0 Å². The van der Waals surface area contributed by atoms with Gasteiger partial charge in [-0.1, -0.05) is 41.4 Å². The van der Waals surface area contributed by atoms with Crippen molar-refractivity contribution in [3.05, 3.63) is 64.1 Å². The molecular weight excluding hydrogens is 409 g/mol. The Balaban J connectivity index is 1.42. The fraction of sp³-hybridized carbons (Fsp3) is 0.364. The molecule has 2 aliphatic heterocycles. The summed E-state index contributed by atoms with van der Waals surface area (Å²) in [5.74, 6) is -0.162. The first-order chi connectivity index (χ1) is 14.0. The lowest BCUT2D eigenvalue weighted by molar-refractivity contribution is -0.134. The summed E-state index contributed by atoms with van der Waals surface area (Å²) >= 11 is 12.1. The van der Waals surface area contributed by atoms with Gasteiger partial charge in [-0.25, -0.2) is 0 Å². The molecule has 2 heterocycles. The predicted octanol–water partition coefficient (Wildman–Crippen LogP) is 4.31. The van der Waals surface area contributed by atoms with Crippen molar-refractivity contribution in [1.29, 1.82) is 0 Å². The molecule has 0 bridgehead atoms. The SMILES string of the molecule is O=C(C1CCCN1C(=O)c1cc(Cl)cc(Cl)c1)N1CCC(Nc2ccccc2)C1. The third-order valence-corrected chi connectivity index (χ3v) is 5.99. The maximum atomic E-state index is 13.2. The van der Waals surface area contributed by atoms with Gasteiger partial charge in [0.25, 0.3) is 5.91 Å². The van der Waals surface area contributed by atoms with Crippen molar-refractivity contribution in [2.75, 3.05) is 25.0 Å². The fourth-order valence-corrected chi connectivity index (χ4v) is 4.69. The van der Waals surface area contributed by atoms with E-state index in [1.54, 1.807) is 23.1 Å². The molecule has 7 heteroatoms. The van der Waals surface area contributed by atoms with Crippen molar-refractivity contribution >= 4 is 40.7 Å². The maximum absolute atomic E-state index is 13.2. The largest absolute Gasteiger partial charge is 0.380 e. The standard InChI is InChI=1S/C22H23Cl2N3O2/c23-16-11-15(12-17(24)13-16)21(28)27-9-4-7-20(27)22(29)26-10-8-19(14-26)25-18-5-2-1-3-6-18/h1-3,5-6,11-13,19-20,25H,4,7-10,14H2. The van der Waals surface area contributed by atoms with Gasteiger partial charge in [0.05, 0.1) is 0 Å². The topological polar surface area (TPSA) is 52.7 Å². The number of nitrogens with one attached hydrogen (secondary N) is 1. The molecule has 2 fully saturated rings. The fourth-order valence-electron chi connectivity index (χ4n) is 4.17. The number of hydrogen-bond acceptors (Lipinski definition) is 3. The minimum Gasteiger partial charge on any atom is -0.380 e. The van der Waals surface area contributed by atoms with Gasteiger partial charge in [0.2, 0.25) is 5.91 Å². The minimum absolute atomic E-state index is 0.0290. The third kappa shape index (κ3) is 4.51. The van der Waals surface area contributed by atoms with Gasteiger partial charge in [0.1, 0.15) is 6.04 Å². The Kier molecular flexibility index (Phi) is 5.97. The van der Waals surface area contributed by atoms with Gasteiger partial charge < -0.3 is 15.1 Å². The first kappa shape index (κ1) is 20.0. The quantitative estimate of drug-likeness (QED) is 0.784. The van der Waals surface area contributed by atoms with Crippen LogP contribution in [-0.4, -0.2) is 53.3 Å². The van der Waals surface area contributed by atoms with Crippen LogP contribution in [0.3, 0.4) is 0 Å². The highest BCUT2D eigenvalue weighted by Crippen LogP contribution is 2.27. The van der Waals surface area contributed by atoms with Crippen LogP contribution in [0.25, 0.3) is 0 Å². The second-order valence-corrected chi connectivity index (χ2v) is 8.47. The molecule has 2 aromatic rings. The van der Waals surface area contributed by atoms with E-state index in [1.165, 1.54) is 0 Å². The number of anilines is 1. The van der Waals surface area contributed by atoms with Gasteiger partial charge in [0, 0.05) is 47.0 Å². The molecule has 2 atom stereocenters. The number of carbonyl (C=O) groups excluding carboxylic acids is 2. The molecule has 2 aromatic carbocycles. The number of carbonyl (C=O) groups is 2. The molecule has 2 unspecified atom stereocenters.